The second-order valence-electron chi connectivity index (χ2n) is 6.13. The minimum Gasteiger partial charge on any atom is -0.491 e. The standard InChI is InChI=1S/C20H23N3O2/c1-3-12-22-18-6-4-5-7-19(18)23(20(22)21)13-16(24)14-25-17-10-8-15(2)9-11-17/h3-11,16,21,24H,1,12-14H2,2H3/p+1. The highest BCUT2D eigenvalue weighted by Gasteiger charge is 2.22. The molecule has 0 amide bonds. The van der Waals surface area contributed by atoms with Gasteiger partial charge in [-0.3, -0.25) is 5.73 Å². The van der Waals surface area contributed by atoms with Crippen LogP contribution in [0.1, 0.15) is 5.56 Å². The van der Waals surface area contributed by atoms with E-state index in [9.17, 15) is 5.11 Å². The van der Waals surface area contributed by atoms with Gasteiger partial charge in [-0.15, -0.1) is 0 Å². The lowest BCUT2D eigenvalue weighted by molar-refractivity contribution is -0.665. The summed E-state index contributed by atoms with van der Waals surface area (Å²) in [5.41, 5.74) is 9.48. The fourth-order valence-corrected chi connectivity index (χ4v) is 2.92. The van der Waals surface area contributed by atoms with Crippen LogP contribution in [-0.4, -0.2) is 22.4 Å². The molecule has 1 aromatic heterocycles. The predicted octanol–water partition coefficient (Wildman–Crippen LogP) is 2.45. The number of anilines is 1. The lowest BCUT2D eigenvalue weighted by Gasteiger charge is -2.12. The zero-order valence-electron chi connectivity index (χ0n) is 14.4. The number of aryl methyl sites for hydroxylation is 1. The summed E-state index contributed by atoms with van der Waals surface area (Å²) in [5.74, 6) is 1.34. The number of ether oxygens (including phenoxy) is 1. The number of para-hydroxylation sites is 2. The monoisotopic (exact) mass is 338 g/mol. The van der Waals surface area contributed by atoms with Crippen molar-refractivity contribution in [1.82, 2.24) is 4.57 Å². The molecule has 130 valence electrons. The first-order valence-electron chi connectivity index (χ1n) is 8.35. The second-order valence-corrected chi connectivity index (χ2v) is 6.13. The average Bonchev–Trinajstić information content (AvgIpc) is 2.88. The highest BCUT2D eigenvalue weighted by molar-refractivity contribution is 5.73. The quantitative estimate of drug-likeness (QED) is 0.514. The number of aliphatic hydroxyl groups is 1. The van der Waals surface area contributed by atoms with Crippen LogP contribution in [0.3, 0.4) is 0 Å². The van der Waals surface area contributed by atoms with Crippen LogP contribution in [-0.2, 0) is 13.1 Å². The van der Waals surface area contributed by atoms with E-state index in [0.717, 1.165) is 16.8 Å². The van der Waals surface area contributed by atoms with Crippen molar-refractivity contribution >= 4 is 17.0 Å². The molecule has 0 radical (unpaired) electrons. The highest BCUT2D eigenvalue weighted by Crippen LogP contribution is 2.16. The Balaban J connectivity index is 1.76. The van der Waals surface area contributed by atoms with E-state index in [-0.39, 0.29) is 6.61 Å². The lowest BCUT2D eigenvalue weighted by atomic mass is 10.2. The molecule has 0 bridgehead atoms. The first-order valence-corrected chi connectivity index (χ1v) is 8.35. The third kappa shape index (κ3) is 3.67. The van der Waals surface area contributed by atoms with Crippen LogP contribution in [0.25, 0.3) is 11.0 Å². The Morgan fingerprint density at radius 1 is 1.24 bits per heavy atom. The second kappa shape index (κ2) is 7.40. The summed E-state index contributed by atoms with van der Waals surface area (Å²) in [6.07, 6.45) is 1.14. The van der Waals surface area contributed by atoms with Crippen LogP contribution in [0.2, 0.25) is 0 Å². The summed E-state index contributed by atoms with van der Waals surface area (Å²) in [5, 5.41) is 10.4. The van der Waals surface area contributed by atoms with Gasteiger partial charge in [0.2, 0.25) is 0 Å². The van der Waals surface area contributed by atoms with Gasteiger partial charge in [0.15, 0.2) is 0 Å². The van der Waals surface area contributed by atoms with Crippen molar-refractivity contribution in [2.75, 3.05) is 12.3 Å². The van der Waals surface area contributed by atoms with Gasteiger partial charge in [0.05, 0.1) is 6.54 Å². The number of nitrogens with zero attached hydrogens (tertiary/aromatic N) is 2. The molecule has 0 spiro atoms. The summed E-state index contributed by atoms with van der Waals surface area (Å²) in [6.45, 7) is 7.00. The minimum atomic E-state index is -0.670. The van der Waals surface area contributed by atoms with Crippen LogP contribution in [0, 0.1) is 6.92 Å². The van der Waals surface area contributed by atoms with E-state index in [1.54, 1.807) is 0 Å². The van der Waals surface area contributed by atoms with Crippen molar-refractivity contribution < 1.29 is 14.4 Å². The molecule has 0 fully saturated rings. The largest absolute Gasteiger partial charge is 0.491 e. The number of hydrogen-bond acceptors (Lipinski definition) is 3. The van der Waals surface area contributed by atoms with Crippen molar-refractivity contribution in [3.05, 3.63) is 66.7 Å². The molecule has 2 aromatic carbocycles. The topological polar surface area (TPSA) is 64.3 Å². The van der Waals surface area contributed by atoms with Crippen LogP contribution in [0.5, 0.6) is 5.75 Å². The van der Waals surface area contributed by atoms with Crippen LogP contribution in [0.4, 0.5) is 5.95 Å². The first kappa shape index (κ1) is 17.0. The van der Waals surface area contributed by atoms with Crippen molar-refractivity contribution in [2.45, 2.75) is 26.1 Å². The molecule has 0 aliphatic heterocycles. The number of benzene rings is 2. The number of aromatic nitrogens is 2. The molecule has 0 aliphatic rings. The number of nitrogen functional groups attached to an aromatic ring is 1. The number of imidazole rings is 1. The zero-order chi connectivity index (χ0) is 17.8. The fourth-order valence-electron chi connectivity index (χ4n) is 2.92. The van der Waals surface area contributed by atoms with Gasteiger partial charge < -0.3 is 9.84 Å². The highest BCUT2D eigenvalue weighted by atomic mass is 16.5. The molecule has 3 rings (SSSR count). The number of nitrogens with two attached hydrogens (primary N) is 1. The number of fused-ring (bicyclic) bond motifs is 1. The van der Waals surface area contributed by atoms with E-state index in [1.807, 2.05) is 70.7 Å². The minimum absolute atomic E-state index is 0.205. The third-order valence-corrected chi connectivity index (χ3v) is 4.18. The molecular formula is C20H24N3O2+. The molecule has 0 aliphatic carbocycles. The van der Waals surface area contributed by atoms with E-state index in [2.05, 4.69) is 6.58 Å². The van der Waals surface area contributed by atoms with E-state index < -0.39 is 6.10 Å². The molecule has 0 saturated carbocycles. The van der Waals surface area contributed by atoms with Gasteiger partial charge in [-0.1, -0.05) is 42.5 Å². The van der Waals surface area contributed by atoms with Crippen LogP contribution in [0.15, 0.2) is 61.2 Å². The Morgan fingerprint density at radius 3 is 2.68 bits per heavy atom. The Morgan fingerprint density at radius 2 is 1.96 bits per heavy atom. The van der Waals surface area contributed by atoms with Gasteiger partial charge in [0.25, 0.3) is 0 Å². The number of rotatable bonds is 7. The Kier molecular flexibility index (Phi) is 5.05. The summed E-state index contributed by atoms with van der Waals surface area (Å²) >= 11 is 0. The molecule has 5 nitrogen and oxygen atoms in total. The summed E-state index contributed by atoms with van der Waals surface area (Å²) in [4.78, 5) is 0. The average molecular weight is 338 g/mol. The maximum absolute atomic E-state index is 10.4. The normalized spacial score (nSPS) is 12.2. The molecular weight excluding hydrogens is 314 g/mol. The smallest absolute Gasteiger partial charge is 0.356 e. The van der Waals surface area contributed by atoms with Crippen molar-refractivity contribution in [3.63, 3.8) is 0 Å². The van der Waals surface area contributed by atoms with E-state index in [4.69, 9.17) is 10.5 Å². The van der Waals surface area contributed by atoms with Crippen molar-refractivity contribution in [1.29, 1.82) is 0 Å². The van der Waals surface area contributed by atoms with Gasteiger partial charge in [-0.05, 0) is 31.2 Å². The Bertz CT molecular complexity index is 869. The number of aliphatic hydroxyl groups excluding tert-OH is 1. The van der Waals surface area contributed by atoms with E-state index >= 15 is 0 Å². The van der Waals surface area contributed by atoms with Crippen molar-refractivity contribution in [3.8, 4) is 5.75 Å². The number of hydrogen-bond donors (Lipinski definition) is 2. The van der Waals surface area contributed by atoms with E-state index in [1.165, 1.54) is 5.56 Å². The molecule has 1 heterocycles. The van der Waals surface area contributed by atoms with Gasteiger partial charge in [0.1, 0.15) is 36.0 Å². The zero-order valence-corrected chi connectivity index (χ0v) is 14.4. The molecule has 1 atom stereocenters. The summed E-state index contributed by atoms with van der Waals surface area (Å²) in [6, 6.07) is 15.7. The Labute approximate surface area is 147 Å². The Hall–Kier alpha value is -2.79. The first-order chi connectivity index (χ1) is 12.1. The van der Waals surface area contributed by atoms with Crippen molar-refractivity contribution in [2.24, 2.45) is 0 Å². The van der Waals surface area contributed by atoms with E-state index in [0.29, 0.717) is 19.0 Å². The maximum atomic E-state index is 10.4. The molecule has 5 heteroatoms. The molecule has 25 heavy (non-hydrogen) atoms. The lowest BCUT2D eigenvalue weighted by Crippen LogP contribution is -2.43. The van der Waals surface area contributed by atoms with Crippen LogP contribution >= 0.6 is 0 Å². The van der Waals surface area contributed by atoms with Gasteiger partial charge >= 0.3 is 5.95 Å². The van der Waals surface area contributed by atoms with Gasteiger partial charge in [-0.2, -0.15) is 0 Å². The maximum Gasteiger partial charge on any atom is 0.356 e. The molecule has 1 unspecified atom stereocenters. The van der Waals surface area contributed by atoms with Crippen LogP contribution < -0.4 is 15.0 Å². The summed E-state index contributed by atoms with van der Waals surface area (Å²) in [7, 11) is 0. The SMILES string of the molecule is C=CCn1c(N)[n+](CC(O)COc2ccc(C)cc2)c2ccccc21. The third-order valence-electron chi connectivity index (χ3n) is 4.18. The van der Waals surface area contributed by atoms with Gasteiger partial charge in [-0.25, -0.2) is 9.13 Å². The fraction of sp³-hybridized carbons (Fsp3) is 0.250. The number of allylic oxidation sites excluding steroid dienone is 1. The summed E-state index contributed by atoms with van der Waals surface area (Å²) < 4.78 is 9.57. The predicted molar refractivity (Wildman–Crippen MR) is 99.4 cm³/mol. The molecule has 3 N–H and O–H groups in total. The molecule has 3 aromatic rings. The van der Waals surface area contributed by atoms with Gasteiger partial charge in [0, 0.05) is 0 Å². The molecule has 0 saturated heterocycles.